The van der Waals surface area contributed by atoms with Crippen LogP contribution in [-0.4, -0.2) is 21.0 Å². The molecule has 15 heavy (non-hydrogen) atoms. The van der Waals surface area contributed by atoms with Gasteiger partial charge in [0, 0.05) is 6.42 Å². The highest BCUT2D eigenvalue weighted by atomic mass is 79.9. The molecule has 0 aliphatic heterocycles. The summed E-state index contributed by atoms with van der Waals surface area (Å²) in [5.74, 6) is 1.04. The van der Waals surface area contributed by atoms with Crippen LogP contribution in [0.3, 0.4) is 0 Å². The molecule has 0 aliphatic carbocycles. The number of aromatic hydroxyl groups is 1. The summed E-state index contributed by atoms with van der Waals surface area (Å²) >= 11 is 3.37. The molecule has 3 N–H and O–H groups in total. The van der Waals surface area contributed by atoms with Gasteiger partial charge in [-0.05, 0) is 41.0 Å². The molecule has 5 heteroatoms. The summed E-state index contributed by atoms with van der Waals surface area (Å²) in [7, 11) is 0. The van der Waals surface area contributed by atoms with Gasteiger partial charge in [-0.15, -0.1) is 0 Å². The largest absolute Gasteiger partial charge is 0.494 e. The van der Waals surface area contributed by atoms with E-state index in [0.717, 1.165) is 28.8 Å². The Hall–Kier alpha value is -1.07. The molecule has 0 unspecified atom stereocenters. The molecule has 0 bridgehead atoms. The number of halogens is 1. The number of hydrogen-bond donors (Lipinski definition) is 2. The second-order valence-corrected chi connectivity index (χ2v) is 4.07. The molecule has 2 aromatic heterocycles. The maximum atomic E-state index is 9.74. The van der Waals surface area contributed by atoms with Crippen LogP contribution in [0.25, 0.3) is 5.52 Å². The van der Waals surface area contributed by atoms with E-state index in [-0.39, 0.29) is 5.88 Å². The number of imidazole rings is 1. The zero-order valence-electron chi connectivity index (χ0n) is 8.15. The standard InChI is InChI=1S/C10H12BrN3O/c11-10-7-3-1-5-9(15)14(7)8(13-10)4-2-6-12/h1,3,5,15H,2,4,6,12H2. The smallest absolute Gasteiger partial charge is 0.197 e. The molecule has 0 saturated heterocycles. The number of nitrogens with two attached hydrogens (primary N) is 1. The maximum absolute atomic E-state index is 9.74. The van der Waals surface area contributed by atoms with Gasteiger partial charge in [0.1, 0.15) is 10.4 Å². The van der Waals surface area contributed by atoms with Crippen LogP contribution in [0.5, 0.6) is 5.88 Å². The minimum absolute atomic E-state index is 0.206. The number of nitrogens with zero attached hydrogens (tertiary/aromatic N) is 2. The molecule has 2 aromatic rings. The molecule has 2 heterocycles. The fraction of sp³-hybridized carbons (Fsp3) is 0.300. The van der Waals surface area contributed by atoms with Gasteiger partial charge in [0.15, 0.2) is 5.88 Å². The normalized spacial score (nSPS) is 11.1. The third-order valence-electron chi connectivity index (χ3n) is 2.27. The first kappa shape index (κ1) is 10.4. The maximum Gasteiger partial charge on any atom is 0.197 e. The Balaban J connectivity index is 2.54. The number of hydrogen-bond acceptors (Lipinski definition) is 3. The Morgan fingerprint density at radius 3 is 3.00 bits per heavy atom. The van der Waals surface area contributed by atoms with Gasteiger partial charge in [0.25, 0.3) is 0 Å². The van der Waals surface area contributed by atoms with Crippen LogP contribution < -0.4 is 5.73 Å². The van der Waals surface area contributed by atoms with Crippen LogP contribution in [0.15, 0.2) is 22.8 Å². The minimum atomic E-state index is 0.206. The van der Waals surface area contributed by atoms with E-state index in [9.17, 15) is 5.11 Å². The zero-order valence-corrected chi connectivity index (χ0v) is 9.74. The fourth-order valence-corrected chi connectivity index (χ4v) is 2.09. The van der Waals surface area contributed by atoms with E-state index in [2.05, 4.69) is 20.9 Å². The zero-order chi connectivity index (χ0) is 10.8. The monoisotopic (exact) mass is 269 g/mol. The summed E-state index contributed by atoms with van der Waals surface area (Å²) in [5.41, 5.74) is 6.33. The number of aromatic nitrogens is 2. The van der Waals surface area contributed by atoms with Gasteiger partial charge in [-0.2, -0.15) is 0 Å². The molecular weight excluding hydrogens is 258 g/mol. The SMILES string of the molecule is NCCCc1nc(Br)c2cccc(O)n12. The Kier molecular flexibility index (Phi) is 2.93. The van der Waals surface area contributed by atoms with Crippen molar-refractivity contribution in [1.29, 1.82) is 0 Å². The molecule has 0 saturated carbocycles. The van der Waals surface area contributed by atoms with Crippen molar-refractivity contribution in [3.8, 4) is 5.88 Å². The molecular formula is C10H12BrN3O. The second kappa shape index (κ2) is 4.20. The highest BCUT2D eigenvalue weighted by Gasteiger charge is 2.10. The van der Waals surface area contributed by atoms with Crippen molar-refractivity contribution >= 4 is 21.4 Å². The lowest BCUT2D eigenvalue weighted by molar-refractivity contribution is 0.442. The van der Waals surface area contributed by atoms with E-state index in [1.165, 1.54) is 0 Å². The lowest BCUT2D eigenvalue weighted by Gasteiger charge is -2.02. The van der Waals surface area contributed by atoms with Gasteiger partial charge in [-0.3, -0.25) is 4.40 Å². The van der Waals surface area contributed by atoms with Crippen LogP contribution in [0.4, 0.5) is 0 Å². The number of fused-ring (bicyclic) bond motifs is 1. The van der Waals surface area contributed by atoms with E-state index in [1.807, 2.05) is 6.07 Å². The van der Waals surface area contributed by atoms with E-state index in [0.29, 0.717) is 6.54 Å². The van der Waals surface area contributed by atoms with E-state index < -0.39 is 0 Å². The summed E-state index contributed by atoms with van der Waals surface area (Å²) in [4.78, 5) is 4.35. The number of rotatable bonds is 3. The Morgan fingerprint density at radius 1 is 1.47 bits per heavy atom. The lowest BCUT2D eigenvalue weighted by Crippen LogP contribution is -2.03. The molecule has 0 fully saturated rings. The Bertz CT molecular complexity index is 481. The van der Waals surface area contributed by atoms with Crippen LogP contribution in [-0.2, 0) is 6.42 Å². The summed E-state index contributed by atoms with van der Waals surface area (Å²) in [6.07, 6.45) is 1.63. The number of pyridine rings is 1. The quantitative estimate of drug-likeness (QED) is 0.892. The van der Waals surface area contributed by atoms with Gasteiger partial charge in [-0.25, -0.2) is 4.98 Å². The molecule has 0 amide bonds. The summed E-state index contributed by atoms with van der Waals surface area (Å²) in [5, 5.41) is 9.74. The Labute approximate surface area is 95.9 Å². The summed E-state index contributed by atoms with van der Waals surface area (Å²) in [6, 6.07) is 5.35. The van der Waals surface area contributed by atoms with Gasteiger partial charge >= 0.3 is 0 Å². The van der Waals surface area contributed by atoms with Gasteiger partial charge < -0.3 is 10.8 Å². The van der Waals surface area contributed by atoms with Crippen LogP contribution in [0, 0.1) is 0 Å². The van der Waals surface area contributed by atoms with Crippen molar-refractivity contribution in [2.24, 2.45) is 5.73 Å². The van der Waals surface area contributed by atoms with Gasteiger partial charge in [-0.1, -0.05) is 6.07 Å². The molecule has 0 aliphatic rings. The van der Waals surface area contributed by atoms with Crippen molar-refractivity contribution in [2.45, 2.75) is 12.8 Å². The minimum Gasteiger partial charge on any atom is -0.494 e. The van der Waals surface area contributed by atoms with E-state index in [4.69, 9.17) is 5.73 Å². The second-order valence-electron chi connectivity index (χ2n) is 3.32. The first-order chi connectivity index (χ1) is 7.24. The predicted octanol–water partition coefficient (Wildman–Crippen LogP) is 1.69. The van der Waals surface area contributed by atoms with Crippen LogP contribution in [0.2, 0.25) is 0 Å². The van der Waals surface area contributed by atoms with Gasteiger partial charge in [0.2, 0.25) is 0 Å². The fourth-order valence-electron chi connectivity index (χ4n) is 1.58. The molecule has 0 radical (unpaired) electrons. The predicted molar refractivity (Wildman–Crippen MR) is 61.9 cm³/mol. The Morgan fingerprint density at radius 2 is 2.27 bits per heavy atom. The first-order valence-electron chi connectivity index (χ1n) is 4.79. The van der Waals surface area contributed by atoms with Gasteiger partial charge in [0.05, 0.1) is 5.52 Å². The molecule has 0 aromatic carbocycles. The average Bonchev–Trinajstić information content (AvgIpc) is 2.55. The topological polar surface area (TPSA) is 63.5 Å². The molecule has 0 spiro atoms. The third kappa shape index (κ3) is 1.85. The number of aryl methyl sites for hydroxylation is 1. The highest BCUT2D eigenvalue weighted by Crippen LogP contribution is 2.24. The molecule has 4 nitrogen and oxygen atoms in total. The average molecular weight is 270 g/mol. The summed E-state index contributed by atoms with van der Waals surface area (Å²) < 4.78 is 2.49. The molecule has 2 rings (SSSR count). The molecule has 80 valence electrons. The van der Waals surface area contributed by atoms with Crippen molar-refractivity contribution in [2.75, 3.05) is 6.54 Å². The van der Waals surface area contributed by atoms with E-state index >= 15 is 0 Å². The van der Waals surface area contributed by atoms with E-state index in [1.54, 1.807) is 16.5 Å². The molecule has 0 atom stereocenters. The van der Waals surface area contributed by atoms with Crippen molar-refractivity contribution in [3.63, 3.8) is 0 Å². The van der Waals surface area contributed by atoms with Crippen molar-refractivity contribution < 1.29 is 5.11 Å². The van der Waals surface area contributed by atoms with Crippen molar-refractivity contribution in [3.05, 3.63) is 28.6 Å². The third-order valence-corrected chi connectivity index (χ3v) is 2.85. The summed E-state index contributed by atoms with van der Waals surface area (Å²) in [6.45, 7) is 0.625. The highest BCUT2D eigenvalue weighted by molar-refractivity contribution is 9.10. The van der Waals surface area contributed by atoms with Crippen molar-refractivity contribution in [1.82, 2.24) is 9.38 Å². The lowest BCUT2D eigenvalue weighted by atomic mass is 10.3. The first-order valence-corrected chi connectivity index (χ1v) is 5.58. The van der Waals surface area contributed by atoms with Crippen LogP contribution in [0.1, 0.15) is 12.2 Å². The van der Waals surface area contributed by atoms with Crippen LogP contribution >= 0.6 is 15.9 Å².